The molecule has 1 aliphatic rings. The van der Waals surface area contributed by atoms with Crippen LogP contribution in [0.5, 0.6) is 0 Å². The fraction of sp³-hybridized carbons (Fsp3) is 0.421. The largest absolute Gasteiger partial charge is 0.266 e. The van der Waals surface area contributed by atoms with E-state index in [9.17, 15) is 8.60 Å². The van der Waals surface area contributed by atoms with Gasteiger partial charge in [-0.05, 0) is 58.1 Å². The standard InChI is InChI=1S/C10H12.C6H8FN.C3H9NOS/c1-8-2-4-9(5-3-8)10-6-7-10;1-3-6(7)5-8-4-2;1-3(2)6(4)5/h2-5,10H,6-7H2,1H3;3-5H,1H2,2H3;3H,4H2,1-2H3/b;6-5+,8-4?;. The number of allylic oxidation sites excluding steroid dienone is 2. The Balaban J connectivity index is 0.000000345. The van der Waals surface area contributed by atoms with Gasteiger partial charge in [-0.25, -0.2) is 8.60 Å². The molecule has 1 unspecified atom stereocenters. The van der Waals surface area contributed by atoms with E-state index >= 15 is 0 Å². The molecule has 0 spiro atoms. The number of nitrogens with zero attached hydrogens (tertiary/aromatic N) is 1. The topological polar surface area (TPSA) is 55.4 Å². The van der Waals surface area contributed by atoms with Crippen molar-refractivity contribution in [2.45, 2.75) is 51.7 Å². The third-order valence-electron chi connectivity index (χ3n) is 3.13. The summed E-state index contributed by atoms with van der Waals surface area (Å²) in [6.07, 6.45) is 6.52. The first-order chi connectivity index (χ1) is 11.3. The Morgan fingerprint density at radius 1 is 1.38 bits per heavy atom. The first kappa shape index (κ1) is 22.4. The summed E-state index contributed by atoms with van der Waals surface area (Å²) < 4.78 is 22.0. The second-order valence-corrected chi connectivity index (χ2v) is 7.29. The number of aliphatic imine (C=N–C) groups is 1. The van der Waals surface area contributed by atoms with Crippen LogP contribution in [0.2, 0.25) is 0 Å². The molecule has 1 saturated carbocycles. The van der Waals surface area contributed by atoms with E-state index in [-0.39, 0.29) is 5.25 Å². The maximum atomic E-state index is 11.9. The molecule has 0 radical (unpaired) electrons. The Bertz CT molecular complexity index is 561. The number of hydrogen-bond donors (Lipinski definition) is 1. The first-order valence-corrected chi connectivity index (χ1v) is 9.26. The molecular formula is C19H29FN2OS. The molecule has 2 rings (SSSR count). The second-order valence-electron chi connectivity index (χ2n) is 5.69. The van der Waals surface area contributed by atoms with Crippen LogP contribution in [0.25, 0.3) is 0 Å². The van der Waals surface area contributed by atoms with Crippen molar-refractivity contribution < 1.29 is 8.60 Å². The number of benzene rings is 1. The summed E-state index contributed by atoms with van der Waals surface area (Å²) in [6.45, 7) is 10.7. The van der Waals surface area contributed by atoms with E-state index in [0.29, 0.717) is 0 Å². The van der Waals surface area contributed by atoms with E-state index < -0.39 is 16.8 Å². The van der Waals surface area contributed by atoms with E-state index in [1.807, 2.05) is 13.8 Å². The van der Waals surface area contributed by atoms with Crippen LogP contribution in [0, 0.1) is 6.92 Å². The van der Waals surface area contributed by atoms with Crippen LogP contribution in [0.1, 0.15) is 50.7 Å². The maximum Gasteiger partial charge on any atom is 0.140 e. The van der Waals surface area contributed by atoms with Gasteiger partial charge in [0.25, 0.3) is 0 Å². The molecule has 24 heavy (non-hydrogen) atoms. The number of nitrogens with two attached hydrogens (primary N) is 1. The third-order valence-corrected chi connectivity index (χ3v) is 4.06. The van der Waals surface area contributed by atoms with Gasteiger partial charge in [-0.3, -0.25) is 10.1 Å². The number of rotatable bonds is 4. The summed E-state index contributed by atoms with van der Waals surface area (Å²) in [4.78, 5) is 3.51. The lowest BCUT2D eigenvalue weighted by Gasteiger charge is -1.96. The molecule has 0 saturated heterocycles. The van der Waals surface area contributed by atoms with Gasteiger partial charge in [0.1, 0.15) is 5.83 Å². The summed E-state index contributed by atoms with van der Waals surface area (Å²) in [5.41, 5.74) is 2.90. The lowest BCUT2D eigenvalue weighted by atomic mass is 10.1. The summed E-state index contributed by atoms with van der Waals surface area (Å²) in [5.74, 6) is 0.490. The van der Waals surface area contributed by atoms with Gasteiger partial charge in [0, 0.05) is 11.5 Å². The number of halogens is 1. The average Bonchev–Trinajstić information content (AvgIpc) is 3.39. The number of hydrogen-bond acceptors (Lipinski definition) is 2. The highest BCUT2D eigenvalue weighted by Crippen LogP contribution is 2.39. The van der Waals surface area contributed by atoms with Crippen LogP contribution in [-0.2, 0) is 11.0 Å². The maximum absolute atomic E-state index is 11.9. The zero-order chi connectivity index (χ0) is 18.5. The van der Waals surface area contributed by atoms with Gasteiger partial charge in [0.15, 0.2) is 0 Å². The van der Waals surface area contributed by atoms with Gasteiger partial charge >= 0.3 is 0 Å². The van der Waals surface area contributed by atoms with Crippen molar-refractivity contribution in [1.29, 1.82) is 0 Å². The van der Waals surface area contributed by atoms with Crippen LogP contribution >= 0.6 is 0 Å². The lowest BCUT2D eigenvalue weighted by Crippen LogP contribution is -2.13. The molecule has 1 fully saturated rings. The predicted molar refractivity (Wildman–Crippen MR) is 104 cm³/mol. The molecule has 0 aromatic heterocycles. The fourth-order valence-corrected chi connectivity index (χ4v) is 1.45. The Labute approximate surface area is 148 Å². The smallest absolute Gasteiger partial charge is 0.140 e. The molecule has 1 aliphatic carbocycles. The van der Waals surface area contributed by atoms with Gasteiger partial charge in [-0.2, -0.15) is 0 Å². The molecule has 0 heterocycles. The highest BCUT2D eigenvalue weighted by Gasteiger charge is 2.22. The molecule has 1 aromatic carbocycles. The SMILES string of the molecule is C=C/C(F)=C\N=CC.CC(C)S(N)=O.Cc1ccc(C2CC2)cc1. The van der Waals surface area contributed by atoms with Crippen LogP contribution in [0.15, 0.2) is 53.9 Å². The zero-order valence-electron chi connectivity index (χ0n) is 15.0. The van der Waals surface area contributed by atoms with Gasteiger partial charge in [-0.1, -0.05) is 36.4 Å². The summed E-state index contributed by atoms with van der Waals surface area (Å²) in [5, 5.41) is 5.01. The molecular weight excluding hydrogens is 323 g/mol. The molecule has 134 valence electrons. The van der Waals surface area contributed by atoms with Gasteiger partial charge in [-0.15, -0.1) is 0 Å². The van der Waals surface area contributed by atoms with Crippen molar-refractivity contribution in [2.24, 2.45) is 10.1 Å². The van der Waals surface area contributed by atoms with Crippen molar-refractivity contribution in [2.75, 3.05) is 0 Å². The molecule has 5 heteroatoms. The van der Waals surface area contributed by atoms with E-state index in [1.54, 1.807) is 6.92 Å². The first-order valence-electron chi connectivity index (χ1n) is 7.99. The highest BCUT2D eigenvalue weighted by molar-refractivity contribution is 7.83. The average molecular weight is 353 g/mol. The minimum absolute atomic E-state index is 0.102. The fourth-order valence-electron chi connectivity index (χ4n) is 1.45. The van der Waals surface area contributed by atoms with E-state index in [4.69, 9.17) is 5.14 Å². The minimum Gasteiger partial charge on any atom is -0.266 e. The Morgan fingerprint density at radius 3 is 2.21 bits per heavy atom. The van der Waals surface area contributed by atoms with Crippen molar-refractivity contribution in [1.82, 2.24) is 0 Å². The molecule has 1 atom stereocenters. The van der Waals surface area contributed by atoms with E-state index in [2.05, 4.69) is 42.8 Å². The quantitative estimate of drug-likeness (QED) is 0.604. The summed E-state index contributed by atoms with van der Waals surface area (Å²) in [7, 11) is -1.12. The Morgan fingerprint density at radius 2 is 1.88 bits per heavy atom. The molecule has 1 aromatic rings. The van der Waals surface area contributed by atoms with Crippen LogP contribution < -0.4 is 5.14 Å². The monoisotopic (exact) mass is 352 g/mol. The van der Waals surface area contributed by atoms with Crippen molar-refractivity contribution in [3.63, 3.8) is 0 Å². The molecule has 0 aliphatic heterocycles. The van der Waals surface area contributed by atoms with Crippen molar-refractivity contribution in [3.8, 4) is 0 Å². The van der Waals surface area contributed by atoms with Crippen LogP contribution in [-0.4, -0.2) is 15.7 Å². The van der Waals surface area contributed by atoms with Gasteiger partial charge in [0.2, 0.25) is 0 Å². The van der Waals surface area contributed by atoms with Crippen LogP contribution in [0.4, 0.5) is 4.39 Å². The van der Waals surface area contributed by atoms with Crippen LogP contribution in [0.3, 0.4) is 0 Å². The second kappa shape index (κ2) is 12.8. The molecule has 3 nitrogen and oxygen atoms in total. The molecule has 0 amide bonds. The summed E-state index contributed by atoms with van der Waals surface area (Å²) in [6, 6.07) is 8.92. The van der Waals surface area contributed by atoms with Gasteiger partial charge in [0.05, 0.1) is 17.2 Å². The minimum atomic E-state index is -1.12. The zero-order valence-corrected chi connectivity index (χ0v) is 15.9. The van der Waals surface area contributed by atoms with Crippen molar-refractivity contribution >= 4 is 17.2 Å². The number of aryl methyl sites for hydroxylation is 1. The predicted octanol–water partition coefficient (Wildman–Crippen LogP) is 4.96. The third kappa shape index (κ3) is 11.9. The Kier molecular flexibility index (Phi) is 11.9. The normalized spacial score (nSPS) is 15.2. The van der Waals surface area contributed by atoms with E-state index in [1.165, 1.54) is 30.2 Å². The highest BCUT2D eigenvalue weighted by atomic mass is 32.2. The molecule has 2 N–H and O–H groups in total. The summed E-state index contributed by atoms with van der Waals surface area (Å²) >= 11 is 0. The van der Waals surface area contributed by atoms with Crippen molar-refractivity contribution in [3.05, 3.63) is 60.1 Å². The molecule has 0 bridgehead atoms. The lowest BCUT2D eigenvalue weighted by molar-refractivity contribution is 0.664. The van der Waals surface area contributed by atoms with E-state index in [0.717, 1.165) is 18.2 Å². The van der Waals surface area contributed by atoms with Gasteiger partial charge < -0.3 is 0 Å². The Hall–Kier alpha value is -1.59.